The molecule has 0 saturated carbocycles. The molecule has 0 aromatic carbocycles. The van der Waals surface area contributed by atoms with Gasteiger partial charge in [0.25, 0.3) is 0 Å². The normalized spacial score (nSPS) is 12.9. The van der Waals surface area contributed by atoms with Gasteiger partial charge in [-0.25, -0.2) is 0 Å². The third kappa shape index (κ3) is 2.92. The number of alkyl halides is 1. The lowest BCUT2D eigenvalue weighted by molar-refractivity contribution is -0.115. The van der Waals surface area contributed by atoms with Crippen molar-refractivity contribution >= 4 is 34.0 Å². The van der Waals surface area contributed by atoms with Crippen LogP contribution in [0.25, 0.3) is 0 Å². The van der Waals surface area contributed by atoms with Gasteiger partial charge in [0.05, 0.1) is 0 Å². The van der Waals surface area contributed by atoms with Crippen LogP contribution in [0.4, 0.5) is 5.13 Å². The van der Waals surface area contributed by atoms with Crippen LogP contribution in [0.3, 0.4) is 0 Å². The van der Waals surface area contributed by atoms with Gasteiger partial charge in [0.1, 0.15) is 10.4 Å². The van der Waals surface area contributed by atoms with Gasteiger partial charge in [-0.3, -0.25) is 10.1 Å². The molecule has 0 spiro atoms. The average Bonchev–Trinajstić information content (AvgIpc) is 2.52. The van der Waals surface area contributed by atoms with Crippen molar-refractivity contribution in [3.63, 3.8) is 0 Å². The Balaban J connectivity index is 2.64. The van der Waals surface area contributed by atoms with E-state index in [4.69, 9.17) is 11.6 Å². The van der Waals surface area contributed by atoms with Gasteiger partial charge < -0.3 is 0 Å². The molecule has 0 radical (unpaired) electrons. The zero-order chi connectivity index (χ0) is 10.7. The molecule has 78 valence electrons. The number of anilines is 1. The number of nitrogens with one attached hydrogen (secondary N) is 1. The number of carbonyl (C=O) groups excluding carboxylic acids is 1. The van der Waals surface area contributed by atoms with Crippen LogP contribution in [0.5, 0.6) is 0 Å². The first-order chi connectivity index (χ1) is 6.50. The summed E-state index contributed by atoms with van der Waals surface area (Å²) in [6.45, 7) is 5.66. The predicted molar refractivity (Wildman–Crippen MR) is 57.9 cm³/mol. The van der Waals surface area contributed by atoms with E-state index in [-0.39, 0.29) is 5.91 Å². The second-order valence-corrected chi connectivity index (χ2v) is 4.87. The second kappa shape index (κ2) is 4.70. The highest BCUT2D eigenvalue weighted by Crippen LogP contribution is 2.22. The topological polar surface area (TPSA) is 54.9 Å². The monoisotopic (exact) mass is 233 g/mol. The third-order valence-electron chi connectivity index (χ3n) is 1.53. The highest BCUT2D eigenvalue weighted by atomic mass is 35.5. The maximum Gasteiger partial charge on any atom is 0.243 e. The van der Waals surface area contributed by atoms with Gasteiger partial charge in [-0.05, 0) is 6.92 Å². The van der Waals surface area contributed by atoms with Crippen LogP contribution in [-0.2, 0) is 4.79 Å². The van der Waals surface area contributed by atoms with Crippen LogP contribution in [0, 0.1) is 0 Å². The molecule has 1 heterocycles. The van der Waals surface area contributed by atoms with Gasteiger partial charge in [-0.15, -0.1) is 21.8 Å². The molecule has 0 aliphatic rings. The summed E-state index contributed by atoms with van der Waals surface area (Å²) in [4.78, 5) is 11.2. The van der Waals surface area contributed by atoms with E-state index in [2.05, 4.69) is 15.5 Å². The number of nitrogens with zero attached hydrogens (tertiary/aromatic N) is 2. The van der Waals surface area contributed by atoms with Crippen molar-refractivity contribution in [3.05, 3.63) is 5.01 Å². The lowest BCUT2D eigenvalue weighted by Gasteiger charge is -2.00. The third-order valence-corrected chi connectivity index (χ3v) is 2.86. The summed E-state index contributed by atoms with van der Waals surface area (Å²) in [6, 6.07) is 0. The molecule has 0 fully saturated rings. The molecule has 1 unspecified atom stereocenters. The molecule has 0 bridgehead atoms. The van der Waals surface area contributed by atoms with E-state index < -0.39 is 5.38 Å². The Bertz CT molecular complexity index is 324. The van der Waals surface area contributed by atoms with Crippen LogP contribution in [0.1, 0.15) is 31.7 Å². The molecule has 1 aromatic rings. The minimum Gasteiger partial charge on any atom is -0.299 e. The summed E-state index contributed by atoms with van der Waals surface area (Å²) in [5.74, 6) is 0.0738. The maximum atomic E-state index is 11.2. The Kier molecular flexibility index (Phi) is 3.83. The molecule has 0 aliphatic heterocycles. The molecular formula is C8H12ClN3OS. The summed E-state index contributed by atoms with van der Waals surface area (Å²) in [7, 11) is 0. The Morgan fingerprint density at radius 1 is 1.43 bits per heavy atom. The average molecular weight is 234 g/mol. The molecule has 1 N–H and O–H groups in total. The fourth-order valence-corrected chi connectivity index (χ4v) is 1.53. The van der Waals surface area contributed by atoms with Gasteiger partial charge in [0.15, 0.2) is 0 Å². The minimum atomic E-state index is -0.554. The minimum absolute atomic E-state index is 0.252. The molecule has 0 saturated heterocycles. The predicted octanol–water partition coefficient (Wildman–Crippen LogP) is 2.23. The largest absolute Gasteiger partial charge is 0.299 e. The van der Waals surface area contributed by atoms with E-state index in [1.807, 2.05) is 13.8 Å². The highest BCUT2D eigenvalue weighted by Gasteiger charge is 2.13. The quantitative estimate of drug-likeness (QED) is 0.815. The van der Waals surface area contributed by atoms with E-state index in [0.29, 0.717) is 11.0 Å². The zero-order valence-electron chi connectivity index (χ0n) is 8.24. The number of rotatable bonds is 3. The van der Waals surface area contributed by atoms with Crippen LogP contribution >= 0.6 is 22.9 Å². The molecule has 6 heteroatoms. The van der Waals surface area contributed by atoms with E-state index in [9.17, 15) is 4.79 Å². The van der Waals surface area contributed by atoms with Crippen LogP contribution in [-0.4, -0.2) is 21.5 Å². The van der Waals surface area contributed by atoms with Gasteiger partial charge in [-0.1, -0.05) is 25.2 Å². The zero-order valence-corrected chi connectivity index (χ0v) is 9.82. The molecule has 14 heavy (non-hydrogen) atoms. The van der Waals surface area contributed by atoms with E-state index in [1.165, 1.54) is 11.3 Å². The summed E-state index contributed by atoms with van der Waals surface area (Å²) < 4.78 is 0. The van der Waals surface area contributed by atoms with Crippen molar-refractivity contribution in [2.45, 2.75) is 32.1 Å². The molecule has 1 atom stereocenters. The fraction of sp³-hybridized carbons (Fsp3) is 0.625. The Labute approximate surface area is 91.7 Å². The number of hydrogen-bond acceptors (Lipinski definition) is 4. The van der Waals surface area contributed by atoms with Crippen molar-refractivity contribution < 1.29 is 4.79 Å². The standard InChI is InChI=1S/C8H12ClN3OS/c1-4(2)7-11-12-8(14-7)10-6(13)5(3)9/h4-5H,1-3H3,(H,10,12,13). The smallest absolute Gasteiger partial charge is 0.243 e. The molecule has 1 aromatic heterocycles. The Morgan fingerprint density at radius 2 is 2.07 bits per heavy atom. The van der Waals surface area contributed by atoms with Crippen molar-refractivity contribution in [1.29, 1.82) is 0 Å². The van der Waals surface area contributed by atoms with Gasteiger partial charge in [0.2, 0.25) is 11.0 Å². The lowest BCUT2D eigenvalue weighted by Crippen LogP contribution is -2.20. The molecule has 4 nitrogen and oxygen atoms in total. The second-order valence-electron chi connectivity index (χ2n) is 3.21. The van der Waals surface area contributed by atoms with Crippen molar-refractivity contribution in [1.82, 2.24) is 10.2 Å². The fourth-order valence-electron chi connectivity index (χ4n) is 0.723. The number of halogens is 1. The maximum absolute atomic E-state index is 11.2. The summed E-state index contributed by atoms with van der Waals surface area (Å²) in [5, 5.41) is 11.2. The number of amides is 1. The first-order valence-electron chi connectivity index (χ1n) is 4.29. The van der Waals surface area contributed by atoms with Crippen LogP contribution < -0.4 is 5.32 Å². The van der Waals surface area contributed by atoms with Gasteiger partial charge in [-0.2, -0.15) is 0 Å². The molecule has 1 amide bonds. The van der Waals surface area contributed by atoms with Crippen LogP contribution in [0.15, 0.2) is 0 Å². The van der Waals surface area contributed by atoms with E-state index in [1.54, 1.807) is 6.92 Å². The van der Waals surface area contributed by atoms with Crippen molar-refractivity contribution in [2.75, 3.05) is 5.32 Å². The molecule has 1 rings (SSSR count). The van der Waals surface area contributed by atoms with E-state index in [0.717, 1.165) is 5.01 Å². The van der Waals surface area contributed by atoms with E-state index >= 15 is 0 Å². The SMILES string of the molecule is CC(Cl)C(=O)Nc1nnc(C(C)C)s1. The van der Waals surface area contributed by atoms with Crippen molar-refractivity contribution in [3.8, 4) is 0 Å². The number of hydrogen-bond donors (Lipinski definition) is 1. The summed E-state index contributed by atoms with van der Waals surface area (Å²) >= 11 is 6.97. The molecular weight excluding hydrogens is 222 g/mol. The first kappa shape index (κ1) is 11.4. The molecule has 0 aliphatic carbocycles. The van der Waals surface area contributed by atoms with Crippen molar-refractivity contribution in [2.24, 2.45) is 0 Å². The number of carbonyl (C=O) groups is 1. The Morgan fingerprint density at radius 3 is 2.50 bits per heavy atom. The van der Waals surface area contributed by atoms with Gasteiger partial charge >= 0.3 is 0 Å². The lowest BCUT2D eigenvalue weighted by atomic mass is 10.2. The number of aromatic nitrogens is 2. The Hall–Kier alpha value is -0.680. The summed E-state index contributed by atoms with van der Waals surface area (Å²) in [6.07, 6.45) is 0. The highest BCUT2D eigenvalue weighted by molar-refractivity contribution is 7.15. The first-order valence-corrected chi connectivity index (χ1v) is 5.54. The van der Waals surface area contributed by atoms with Crippen LogP contribution in [0.2, 0.25) is 0 Å². The summed E-state index contributed by atoms with van der Waals surface area (Å²) in [5.41, 5.74) is 0. The van der Waals surface area contributed by atoms with Gasteiger partial charge in [0, 0.05) is 5.92 Å².